The minimum atomic E-state index is -0.0124. The SMILES string of the molecule is Cc1ccc([C@H](CNC(=O)c2ccc(Br)cc2)N2CCCCC2)cc1. The molecule has 1 fully saturated rings. The third kappa shape index (κ3) is 4.93. The van der Waals surface area contributed by atoms with Crippen LogP contribution in [0.2, 0.25) is 0 Å². The Kier molecular flexibility index (Phi) is 6.27. The van der Waals surface area contributed by atoms with Crippen LogP contribution < -0.4 is 5.32 Å². The molecule has 1 N–H and O–H groups in total. The van der Waals surface area contributed by atoms with Crippen molar-refractivity contribution in [2.45, 2.75) is 32.2 Å². The Morgan fingerprint density at radius 3 is 2.32 bits per heavy atom. The van der Waals surface area contributed by atoms with E-state index in [0.29, 0.717) is 12.1 Å². The second kappa shape index (κ2) is 8.63. The molecular formula is C21H25BrN2O. The highest BCUT2D eigenvalue weighted by Crippen LogP contribution is 2.24. The normalized spacial score (nSPS) is 16.4. The fraction of sp³-hybridized carbons (Fsp3) is 0.381. The Balaban J connectivity index is 1.71. The highest BCUT2D eigenvalue weighted by atomic mass is 79.9. The van der Waals surface area contributed by atoms with Gasteiger partial charge in [-0.3, -0.25) is 9.69 Å². The first-order valence-electron chi connectivity index (χ1n) is 8.98. The second-order valence-electron chi connectivity index (χ2n) is 6.74. The number of likely N-dealkylation sites (tertiary alicyclic amines) is 1. The van der Waals surface area contributed by atoms with E-state index in [1.54, 1.807) is 0 Å². The molecule has 0 saturated carbocycles. The first-order valence-corrected chi connectivity index (χ1v) is 9.77. The lowest BCUT2D eigenvalue weighted by atomic mass is 10.0. The van der Waals surface area contributed by atoms with Gasteiger partial charge in [-0.2, -0.15) is 0 Å². The first kappa shape index (κ1) is 18.2. The molecule has 0 unspecified atom stereocenters. The molecule has 1 aliphatic heterocycles. The number of nitrogens with one attached hydrogen (secondary N) is 1. The van der Waals surface area contributed by atoms with Gasteiger partial charge in [0.2, 0.25) is 0 Å². The summed E-state index contributed by atoms with van der Waals surface area (Å²) in [6, 6.07) is 16.4. The molecule has 3 rings (SSSR count). The van der Waals surface area contributed by atoms with Crippen molar-refractivity contribution in [3.8, 4) is 0 Å². The van der Waals surface area contributed by atoms with Gasteiger partial charge in [0, 0.05) is 16.6 Å². The number of benzene rings is 2. The molecule has 1 atom stereocenters. The predicted octanol–water partition coefficient (Wildman–Crippen LogP) is 4.71. The third-order valence-corrected chi connectivity index (χ3v) is 5.38. The zero-order valence-electron chi connectivity index (χ0n) is 14.7. The Morgan fingerprint density at radius 1 is 1.04 bits per heavy atom. The van der Waals surface area contributed by atoms with E-state index >= 15 is 0 Å². The van der Waals surface area contributed by atoms with Crippen LogP contribution in [-0.4, -0.2) is 30.4 Å². The molecule has 0 aliphatic carbocycles. The number of nitrogens with zero attached hydrogens (tertiary/aromatic N) is 1. The summed E-state index contributed by atoms with van der Waals surface area (Å²) in [6.45, 7) is 4.95. The summed E-state index contributed by atoms with van der Waals surface area (Å²) >= 11 is 3.41. The predicted molar refractivity (Wildman–Crippen MR) is 106 cm³/mol. The Hall–Kier alpha value is -1.65. The highest BCUT2D eigenvalue weighted by Gasteiger charge is 2.23. The van der Waals surface area contributed by atoms with Gasteiger partial charge in [-0.25, -0.2) is 0 Å². The van der Waals surface area contributed by atoms with E-state index < -0.39 is 0 Å². The van der Waals surface area contributed by atoms with Crippen LogP contribution in [0.15, 0.2) is 53.0 Å². The molecule has 1 heterocycles. The molecule has 0 bridgehead atoms. The smallest absolute Gasteiger partial charge is 0.251 e. The van der Waals surface area contributed by atoms with Crippen LogP contribution in [0, 0.1) is 6.92 Å². The minimum Gasteiger partial charge on any atom is -0.350 e. The van der Waals surface area contributed by atoms with Gasteiger partial charge in [-0.1, -0.05) is 52.2 Å². The molecule has 1 aliphatic rings. The van der Waals surface area contributed by atoms with Gasteiger partial charge in [0.15, 0.2) is 0 Å². The van der Waals surface area contributed by atoms with Crippen molar-refractivity contribution >= 4 is 21.8 Å². The number of amides is 1. The molecule has 1 amide bonds. The quantitative estimate of drug-likeness (QED) is 0.787. The minimum absolute atomic E-state index is 0.0124. The van der Waals surface area contributed by atoms with Crippen molar-refractivity contribution in [3.63, 3.8) is 0 Å². The van der Waals surface area contributed by atoms with E-state index in [2.05, 4.69) is 57.3 Å². The molecule has 132 valence electrons. The molecule has 0 spiro atoms. The molecule has 4 heteroatoms. The van der Waals surface area contributed by atoms with Crippen molar-refractivity contribution < 1.29 is 4.79 Å². The average Bonchev–Trinajstić information content (AvgIpc) is 2.64. The molecule has 2 aromatic carbocycles. The van der Waals surface area contributed by atoms with Crippen LogP contribution in [0.1, 0.15) is 46.8 Å². The largest absolute Gasteiger partial charge is 0.350 e. The van der Waals surface area contributed by atoms with Crippen molar-refractivity contribution in [1.29, 1.82) is 0 Å². The number of halogens is 1. The van der Waals surface area contributed by atoms with Gasteiger partial charge in [0.25, 0.3) is 5.91 Å². The number of hydrogen-bond acceptors (Lipinski definition) is 2. The van der Waals surface area contributed by atoms with E-state index in [0.717, 1.165) is 17.6 Å². The van der Waals surface area contributed by atoms with Crippen LogP contribution >= 0.6 is 15.9 Å². The number of carbonyl (C=O) groups is 1. The van der Waals surface area contributed by atoms with Crippen molar-refractivity contribution in [1.82, 2.24) is 10.2 Å². The van der Waals surface area contributed by atoms with Crippen molar-refractivity contribution in [3.05, 3.63) is 69.7 Å². The molecule has 0 radical (unpaired) electrons. The van der Waals surface area contributed by atoms with Gasteiger partial charge in [0.05, 0.1) is 6.04 Å². The molecule has 25 heavy (non-hydrogen) atoms. The molecule has 2 aromatic rings. The zero-order valence-corrected chi connectivity index (χ0v) is 16.3. The Bertz CT molecular complexity index is 691. The summed E-state index contributed by atoms with van der Waals surface area (Å²) in [5.41, 5.74) is 3.24. The number of rotatable bonds is 5. The number of hydrogen-bond donors (Lipinski definition) is 1. The highest BCUT2D eigenvalue weighted by molar-refractivity contribution is 9.10. The Labute approximate surface area is 158 Å². The number of carbonyl (C=O) groups excluding carboxylic acids is 1. The van der Waals surface area contributed by atoms with E-state index in [1.165, 1.54) is 30.4 Å². The topological polar surface area (TPSA) is 32.3 Å². The Morgan fingerprint density at radius 2 is 1.68 bits per heavy atom. The molecule has 1 saturated heterocycles. The maximum Gasteiger partial charge on any atom is 0.251 e. The lowest BCUT2D eigenvalue weighted by molar-refractivity contribution is 0.0924. The van der Waals surface area contributed by atoms with Crippen LogP contribution in [-0.2, 0) is 0 Å². The fourth-order valence-corrected chi connectivity index (χ4v) is 3.63. The fourth-order valence-electron chi connectivity index (χ4n) is 3.37. The van der Waals surface area contributed by atoms with Gasteiger partial charge in [-0.05, 0) is 62.7 Å². The van der Waals surface area contributed by atoms with Gasteiger partial charge < -0.3 is 5.32 Å². The van der Waals surface area contributed by atoms with E-state index in [4.69, 9.17) is 0 Å². The van der Waals surface area contributed by atoms with Crippen molar-refractivity contribution in [2.75, 3.05) is 19.6 Å². The standard InChI is InChI=1S/C21H25BrN2O/c1-16-5-7-17(8-6-16)20(24-13-3-2-4-14-24)15-23-21(25)18-9-11-19(22)12-10-18/h5-12,20H,2-4,13-15H2,1H3,(H,23,25)/t20-/m0/s1. The van der Waals surface area contributed by atoms with Gasteiger partial charge in [-0.15, -0.1) is 0 Å². The van der Waals surface area contributed by atoms with E-state index in [1.807, 2.05) is 24.3 Å². The summed E-state index contributed by atoms with van der Waals surface area (Å²) in [5, 5.41) is 3.13. The maximum absolute atomic E-state index is 12.5. The van der Waals surface area contributed by atoms with Crippen LogP contribution in [0.25, 0.3) is 0 Å². The summed E-state index contributed by atoms with van der Waals surface area (Å²) in [5.74, 6) is -0.0124. The van der Waals surface area contributed by atoms with Crippen LogP contribution in [0.3, 0.4) is 0 Å². The summed E-state index contributed by atoms with van der Waals surface area (Å²) in [4.78, 5) is 15.0. The third-order valence-electron chi connectivity index (χ3n) is 4.86. The summed E-state index contributed by atoms with van der Waals surface area (Å²) < 4.78 is 0.981. The average molecular weight is 401 g/mol. The van der Waals surface area contributed by atoms with E-state index in [-0.39, 0.29) is 11.9 Å². The van der Waals surface area contributed by atoms with E-state index in [9.17, 15) is 4.79 Å². The summed E-state index contributed by atoms with van der Waals surface area (Å²) in [7, 11) is 0. The molecule has 0 aromatic heterocycles. The lowest BCUT2D eigenvalue weighted by Crippen LogP contribution is -2.40. The number of piperidine rings is 1. The van der Waals surface area contributed by atoms with Gasteiger partial charge >= 0.3 is 0 Å². The zero-order chi connectivity index (χ0) is 17.6. The monoisotopic (exact) mass is 400 g/mol. The lowest BCUT2D eigenvalue weighted by Gasteiger charge is -2.35. The molecule has 3 nitrogen and oxygen atoms in total. The van der Waals surface area contributed by atoms with Crippen LogP contribution in [0.5, 0.6) is 0 Å². The van der Waals surface area contributed by atoms with Crippen molar-refractivity contribution in [2.24, 2.45) is 0 Å². The molecular weight excluding hydrogens is 376 g/mol. The second-order valence-corrected chi connectivity index (χ2v) is 7.66. The number of aryl methyl sites for hydroxylation is 1. The van der Waals surface area contributed by atoms with Crippen LogP contribution in [0.4, 0.5) is 0 Å². The first-order chi connectivity index (χ1) is 12.1. The maximum atomic E-state index is 12.5. The van der Waals surface area contributed by atoms with Gasteiger partial charge in [0.1, 0.15) is 0 Å². The summed E-state index contributed by atoms with van der Waals surface area (Å²) in [6.07, 6.45) is 3.79.